The van der Waals surface area contributed by atoms with Gasteiger partial charge in [-0.1, -0.05) is 54.6 Å². The number of esters is 1. The molecule has 27 heavy (non-hydrogen) atoms. The third-order valence-corrected chi connectivity index (χ3v) is 4.47. The van der Waals surface area contributed by atoms with E-state index in [0.29, 0.717) is 0 Å². The van der Waals surface area contributed by atoms with Crippen LogP contribution in [0.3, 0.4) is 0 Å². The van der Waals surface area contributed by atoms with Crippen molar-refractivity contribution in [3.05, 3.63) is 95.6 Å². The summed E-state index contributed by atoms with van der Waals surface area (Å²) in [7, 11) is 3.24. The van der Waals surface area contributed by atoms with Crippen molar-refractivity contribution in [3.63, 3.8) is 0 Å². The van der Waals surface area contributed by atoms with Gasteiger partial charge in [0.1, 0.15) is 11.5 Å². The molecule has 4 heteroatoms. The average Bonchev–Trinajstić information content (AvgIpc) is 2.73. The first-order valence-electron chi connectivity index (χ1n) is 8.64. The normalized spacial score (nSPS) is 10.9. The molecule has 0 spiro atoms. The monoisotopic (exact) mass is 362 g/mol. The fourth-order valence-corrected chi connectivity index (χ4v) is 3.22. The van der Waals surface area contributed by atoms with E-state index in [1.165, 1.54) is 6.92 Å². The van der Waals surface area contributed by atoms with Crippen molar-refractivity contribution in [1.82, 2.24) is 0 Å². The molecule has 0 saturated carbocycles. The van der Waals surface area contributed by atoms with E-state index in [0.717, 1.165) is 28.2 Å². The minimum absolute atomic E-state index is 0.370. The van der Waals surface area contributed by atoms with Crippen LogP contribution in [0.1, 0.15) is 23.6 Å². The van der Waals surface area contributed by atoms with Crippen molar-refractivity contribution < 1.29 is 19.0 Å². The summed E-state index contributed by atoms with van der Waals surface area (Å²) in [6, 6.07) is 24.8. The van der Waals surface area contributed by atoms with Crippen LogP contribution >= 0.6 is 0 Å². The van der Waals surface area contributed by atoms with Crippen molar-refractivity contribution in [2.24, 2.45) is 0 Å². The molecule has 3 rings (SSSR count). The zero-order valence-corrected chi connectivity index (χ0v) is 15.6. The van der Waals surface area contributed by atoms with Crippen molar-refractivity contribution in [2.45, 2.75) is 12.5 Å². The van der Waals surface area contributed by atoms with Crippen LogP contribution in [-0.2, 0) is 15.1 Å². The molecule has 0 saturated heterocycles. The van der Waals surface area contributed by atoms with Crippen LogP contribution in [0.2, 0.25) is 0 Å². The highest BCUT2D eigenvalue weighted by atomic mass is 16.6. The summed E-state index contributed by atoms with van der Waals surface area (Å²) < 4.78 is 16.6. The molecule has 4 nitrogen and oxygen atoms in total. The highest BCUT2D eigenvalue weighted by Crippen LogP contribution is 2.41. The lowest BCUT2D eigenvalue weighted by molar-refractivity contribution is -0.150. The van der Waals surface area contributed by atoms with Gasteiger partial charge in [-0.15, -0.1) is 0 Å². The standard InChI is InChI=1S/C23H22O4/c1-17(24)27-23(18-7-5-4-6-8-18,19-9-13-21(25-2)14-10-19)20-11-15-22(26-3)16-12-20/h4-16H,1-3H3. The molecule has 0 bridgehead atoms. The molecule has 0 aliphatic carbocycles. The second-order valence-corrected chi connectivity index (χ2v) is 6.10. The van der Waals surface area contributed by atoms with Gasteiger partial charge in [0.15, 0.2) is 5.60 Å². The first-order chi connectivity index (χ1) is 13.1. The van der Waals surface area contributed by atoms with Crippen molar-refractivity contribution >= 4 is 5.97 Å². The zero-order chi connectivity index (χ0) is 19.3. The smallest absolute Gasteiger partial charge is 0.304 e. The summed E-state index contributed by atoms with van der Waals surface area (Å²) in [5.74, 6) is 1.10. The van der Waals surface area contributed by atoms with Gasteiger partial charge in [0.2, 0.25) is 0 Å². The first kappa shape index (κ1) is 18.5. The maximum absolute atomic E-state index is 12.2. The van der Waals surface area contributed by atoms with E-state index in [2.05, 4.69) is 0 Å². The van der Waals surface area contributed by atoms with Crippen molar-refractivity contribution in [1.29, 1.82) is 0 Å². The molecule has 0 unspecified atom stereocenters. The minimum Gasteiger partial charge on any atom is -0.497 e. The van der Waals surface area contributed by atoms with Crippen LogP contribution < -0.4 is 9.47 Å². The molecule has 0 radical (unpaired) electrons. The number of hydrogen-bond donors (Lipinski definition) is 0. The van der Waals surface area contributed by atoms with E-state index >= 15 is 0 Å². The number of carbonyl (C=O) groups is 1. The predicted octanol–water partition coefficient (Wildman–Crippen LogP) is 4.56. The third kappa shape index (κ3) is 3.65. The Bertz CT molecular complexity index is 836. The van der Waals surface area contributed by atoms with E-state index < -0.39 is 5.60 Å². The van der Waals surface area contributed by atoms with Gasteiger partial charge in [0.25, 0.3) is 0 Å². The lowest BCUT2D eigenvalue weighted by Crippen LogP contribution is -2.34. The van der Waals surface area contributed by atoms with Gasteiger partial charge in [-0.2, -0.15) is 0 Å². The maximum Gasteiger partial charge on any atom is 0.304 e. The Morgan fingerprint density at radius 3 is 1.44 bits per heavy atom. The second-order valence-electron chi connectivity index (χ2n) is 6.10. The molecule has 0 N–H and O–H groups in total. The quantitative estimate of drug-likeness (QED) is 0.476. The van der Waals surface area contributed by atoms with Gasteiger partial charge in [-0.05, 0) is 24.3 Å². The summed E-state index contributed by atoms with van der Waals surface area (Å²) in [6.45, 7) is 1.42. The molecular formula is C23H22O4. The average molecular weight is 362 g/mol. The zero-order valence-electron chi connectivity index (χ0n) is 15.6. The molecule has 0 aliphatic heterocycles. The van der Waals surface area contributed by atoms with Gasteiger partial charge in [-0.25, -0.2) is 0 Å². The van der Waals surface area contributed by atoms with Crippen LogP contribution in [0, 0.1) is 0 Å². The van der Waals surface area contributed by atoms with E-state index in [9.17, 15) is 4.79 Å². The Labute approximate surface area is 159 Å². The maximum atomic E-state index is 12.2. The van der Waals surface area contributed by atoms with E-state index in [-0.39, 0.29) is 5.97 Å². The van der Waals surface area contributed by atoms with Gasteiger partial charge < -0.3 is 14.2 Å². The minimum atomic E-state index is -1.08. The Morgan fingerprint density at radius 2 is 1.07 bits per heavy atom. The predicted molar refractivity (Wildman–Crippen MR) is 104 cm³/mol. The largest absolute Gasteiger partial charge is 0.497 e. The molecule has 0 aliphatic rings. The summed E-state index contributed by atoms with van der Waals surface area (Å²) in [4.78, 5) is 12.2. The molecule has 138 valence electrons. The third-order valence-electron chi connectivity index (χ3n) is 4.47. The van der Waals surface area contributed by atoms with Gasteiger partial charge in [0, 0.05) is 23.6 Å². The number of carbonyl (C=O) groups excluding carboxylic acids is 1. The second kappa shape index (κ2) is 7.96. The number of ether oxygens (including phenoxy) is 3. The number of rotatable bonds is 6. The van der Waals surface area contributed by atoms with Gasteiger partial charge in [0.05, 0.1) is 14.2 Å². The summed E-state index contributed by atoms with van der Waals surface area (Å²) in [6.07, 6.45) is 0. The number of hydrogen-bond acceptors (Lipinski definition) is 4. The van der Waals surface area contributed by atoms with Crippen molar-refractivity contribution in [3.8, 4) is 11.5 Å². The molecule has 0 aromatic heterocycles. The number of benzene rings is 3. The van der Waals surface area contributed by atoms with Crippen LogP contribution in [0.15, 0.2) is 78.9 Å². The fourth-order valence-electron chi connectivity index (χ4n) is 3.22. The molecular weight excluding hydrogens is 340 g/mol. The highest BCUT2D eigenvalue weighted by molar-refractivity contribution is 5.69. The van der Waals surface area contributed by atoms with E-state index in [4.69, 9.17) is 14.2 Å². The molecule has 3 aromatic carbocycles. The van der Waals surface area contributed by atoms with Crippen LogP contribution in [0.25, 0.3) is 0 Å². The molecule has 0 heterocycles. The fraction of sp³-hybridized carbons (Fsp3) is 0.174. The van der Waals surface area contributed by atoms with Crippen LogP contribution in [-0.4, -0.2) is 20.2 Å². The molecule has 0 atom stereocenters. The van der Waals surface area contributed by atoms with Gasteiger partial charge in [-0.3, -0.25) is 4.79 Å². The summed E-state index contributed by atoms with van der Waals surface area (Å²) in [5.41, 5.74) is 1.44. The lowest BCUT2D eigenvalue weighted by Gasteiger charge is -2.35. The Kier molecular flexibility index (Phi) is 5.46. The highest BCUT2D eigenvalue weighted by Gasteiger charge is 2.40. The van der Waals surface area contributed by atoms with Crippen LogP contribution in [0.4, 0.5) is 0 Å². The Morgan fingerprint density at radius 1 is 0.667 bits per heavy atom. The Balaban J connectivity index is 2.28. The van der Waals surface area contributed by atoms with E-state index in [1.807, 2.05) is 78.9 Å². The molecule has 3 aromatic rings. The molecule has 0 fully saturated rings. The van der Waals surface area contributed by atoms with Crippen LogP contribution in [0.5, 0.6) is 11.5 Å². The lowest BCUT2D eigenvalue weighted by atomic mass is 9.80. The number of methoxy groups -OCH3 is 2. The van der Waals surface area contributed by atoms with E-state index in [1.54, 1.807) is 14.2 Å². The molecule has 0 amide bonds. The summed E-state index contributed by atoms with van der Waals surface area (Å²) in [5, 5.41) is 0. The first-order valence-corrected chi connectivity index (χ1v) is 8.64. The Hall–Kier alpha value is -3.27. The SMILES string of the molecule is COc1ccc(C(OC(C)=O)(c2ccccc2)c2ccc(OC)cc2)cc1. The topological polar surface area (TPSA) is 44.8 Å². The van der Waals surface area contributed by atoms with Gasteiger partial charge >= 0.3 is 5.97 Å². The van der Waals surface area contributed by atoms with Crippen molar-refractivity contribution in [2.75, 3.05) is 14.2 Å². The summed E-state index contributed by atoms with van der Waals surface area (Å²) >= 11 is 0.